The average molecular weight is 237 g/mol. The van der Waals surface area contributed by atoms with Crippen molar-refractivity contribution in [2.75, 3.05) is 0 Å². The van der Waals surface area contributed by atoms with Gasteiger partial charge in [0.15, 0.2) is 0 Å². The van der Waals surface area contributed by atoms with Gasteiger partial charge in [0.2, 0.25) is 0 Å². The van der Waals surface area contributed by atoms with Crippen LogP contribution in [0, 0.1) is 6.07 Å². The second-order valence-corrected chi connectivity index (χ2v) is 4.21. The molecule has 1 radical (unpaired) electrons. The average Bonchev–Trinajstić information content (AvgIpc) is 2.91. The minimum atomic E-state index is -0.740. The van der Waals surface area contributed by atoms with Gasteiger partial charge in [0.05, 0.1) is 6.42 Å². The minimum absolute atomic E-state index is 0.671. The van der Waals surface area contributed by atoms with Crippen LogP contribution in [0.4, 0.5) is 0 Å². The molecule has 1 heterocycles. The molecule has 1 aliphatic heterocycles. The molecular weight excluding hydrogens is 224 g/mol. The Morgan fingerprint density at radius 2 is 1.56 bits per heavy atom. The summed E-state index contributed by atoms with van der Waals surface area (Å²) in [6.45, 7) is 0. The highest BCUT2D eigenvalue weighted by Gasteiger charge is 2.38. The SMILES string of the molecule is [c]1ccc(C2(Cc3ccccc3)OC=CO2)cc1. The van der Waals surface area contributed by atoms with Gasteiger partial charge in [0.1, 0.15) is 12.5 Å². The number of ether oxygens (including phenoxy) is 2. The molecule has 0 spiro atoms. The lowest BCUT2D eigenvalue weighted by molar-refractivity contribution is -0.148. The van der Waals surface area contributed by atoms with Crippen LogP contribution in [0.1, 0.15) is 11.1 Å². The van der Waals surface area contributed by atoms with Crippen molar-refractivity contribution in [2.24, 2.45) is 0 Å². The summed E-state index contributed by atoms with van der Waals surface area (Å²) in [6.07, 6.45) is 3.87. The van der Waals surface area contributed by atoms with Gasteiger partial charge >= 0.3 is 0 Å². The first kappa shape index (κ1) is 10.9. The highest BCUT2D eigenvalue weighted by molar-refractivity contribution is 5.26. The highest BCUT2D eigenvalue weighted by atomic mass is 16.7. The predicted molar refractivity (Wildman–Crippen MR) is 68.4 cm³/mol. The normalized spacial score (nSPS) is 16.0. The summed E-state index contributed by atoms with van der Waals surface area (Å²) in [7, 11) is 0. The van der Waals surface area contributed by atoms with E-state index in [2.05, 4.69) is 18.2 Å². The van der Waals surface area contributed by atoms with Crippen LogP contribution in [0.2, 0.25) is 0 Å². The summed E-state index contributed by atoms with van der Waals surface area (Å²) >= 11 is 0. The van der Waals surface area contributed by atoms with Crippen LogP contribution in [-0.2, 0) is 21.7 Å². The Kier molecular flexibility index (Phi) is 2.77. The second-order valence-electron chi connectivity index (χ2n) is 4.21. The largest absolute Gasteiger partial charge is 0.452 e. The van der Waals surface area contributed by atoms with Crippen molar-refractivity contribution in [3.05, 3.63) is 84.3 Å². The van der Waals surface area contributed by atoms with E-state index in [1.165, 1.54) is 5.56 Å². The molecule has 1 aliphatic rings. The molecule has 89 valence electrons. The van der Waals surface area contributed by atoms with Gasteiger partial charge in [-0.25, -0.2) is 0 Å². The zero-order chi connectivity index (χ0) is 12.3. The van der Waals surface area contributed by atoms with E-state index in [9.17, 15) is 0 Å². The predicted octanol–water partition coefficient (Wildman–Crippen LogP) is 3.40. The fourth-order valence-corrected chi connectivity index (χ4v) is 2.13. The van der Waals surface area contributed by atoms with Crippen LogP contribution in [0.5, 0.6) is 0 Å². The molecule has 2 heteroatoms. The maximum Gasteiger partial charge on any atom is 0.280 e. The van der Waals surface area contributed by atoms with Gasteiger partial charge in [-0.3, -0.25) is 0 Å². The summed E-state index contributed by atoms with van der Waals surface area (Å²) in [5, 5.41) is 0. The maximum absolute atomic E-state index is 5.71. The standard InChI is InChI=1S/C16H13O2/c1-3-7-14(8-4-1)13-16(17-11-12-18-16)15-9-5-2-6-10-15/h1,3-12H,13H2. The summed E-state index contributed by atoms with van der Waals surface area (Å²) in [4.78, 5) is 0. The highest BCUT2D eigenvalue weighted by Crippen LogP contribution is 2.35. The fourth-order valence-electron chi connectivity index (χ4n) is 2.13. The van der Waals surface area contributed by atoms with Crippen molar-refractivity contribution in [3.63, 3.8) is 0 Å². The van der Waals surface area contributed by atoms with Crippen molar-refractivity contribution in [2.45, 2.75) is 12.2 Å². The Morgan fingerprint density at radius 1 is 0.889 bits per heavy atom. The molecule has 0 atom stereocenters. The topological polar surface area (TPSA) is 18.5 Å². The second kappa shape index (κ2) is 4.57. The first-order valence-corrected chi connectivity index (χ1v) is 5.90. The molecule has 0 unspecified atom stereocenters. The Morgan fingerprint density at radius 3 is 2.22 bits per heavy atom. The van der Waals surface area contributed by atoms with Crippen LogP contribution < -0.4 is 0 Å². The third-order valence-corrected chi connectivity index (χ3v) is 3.01. The molecule has 18 heavy (non-hydrogen) atoms. The van der Waals surface area contributed by atoms with Gasteiger partial charge in [-0.1, -0.05) is 54.6 Å². The molecule has 0 saturated heterocycles. The van der Waals surface area contributed by atoms with Crippen molar-refractivity contribution >= 4 is 0 Å². The number of benzene rings is 2. The molecule has 0 aromatic heterocycles. The van der Waals surface area contributed by atoms with Gasteiger partial charge < -0.3 is 9.47 Å². The Balaban J connectivity index is 1.93. The van der Waals surface area contributed by atoms with E-state index in [0.29, 0.717) is 6.42 Å². The summed E-state index contributed by atoms with van der Waals surface area (Å²) < 4.78 is 11.4. The quantitative estimate of drug-likeness (QED) is 0.814. The number of hydrogen-bond donors (Lipinski definition) is 0. The Hall–Kier alpha value is -2.22. The third-order valence-electron chi connectivity index (χ3n) is 3.01. The molecule has 3 rings (SSSR count). The molecule has 0 saturated carbocycles. The monoisotopic (exact) mass is 237 g/mol. The molecule has 0 bridgehead atoms. The van der Waals surface area contributed by atoms with Crippen LogP contribution in [0.25, 0.3) is 0 Å². The molecule has 2 nitrogen and oxygen atoms in total. The van der Waals surface area contributed by atoms with Crippen LogP contribution in [0.3, 0.4) is 0 Å². The lowest BCUT2D eigenvalue weighted by Crippen LogP contribution is -2.29. The van der Waals surface area contributed by atoms with Crippen LogP contribution in [0.15, 0.2) is 67.1 Å². The molecule has 0 N–H and O–H groups in total. The molecule has 2 aromatic carbocycles. The van der Waals surface area contributed by atoms with Crippen molar-refractivity contribution in [3.8, 4) is 0 Å². The zero-order valence-electron chi connectivity index (χ0n) is 9.87. The van der Waals surface area contributed by atoms with Crippen molar-refractivity contribution in [1.29, 1.82) is 0 Å². The van der Waals surface area contributed by atoms with E-state index < -0.39 is 5.79 Å². The molecule has 0 amide bonds. The van der Waals surface area contributed by atoms with Crippen LogP contribution in [-0.4, -0.2) is 0 Å². The van der Waals surface area contributed by atoms with E-state index in [0.717, 1.165) is 5.56 Å². The summed E-state index contributed by atoms with van der Waals surface area (Å²) in [6, 6.07) is 20.9. The zero-order valence-corrected chi connectivity index (χ0v) is 9.87. The van der Waals surface area contributed by atoms with Gasteiger partial charge in [0, 0.05) is 5.56 Å². The Labute approximate surface area is 106 Å². The van der Waals surface area contributed by atoms with E-state index in [-0.39, 0.29) is 0 Å². The molecule has 2 aromatic rings. The minimum Gasteiger partial charge on any atom is -0.452 e. The number of hydrogen-bond acceptors (Lipinski definition) is 2. The van der Waals surface area contributed by atoms with Gasteiger partial charge in [0.25, 0.3) is 5.79 Å². The van der Waals surface area contributed by atoms with Gasteiger partial charge in [-0.2, -0.15) is 0 Å². The van der Waals surface area contributed by atoms with Crippen molar-refractivity contribution < 1.29 is 9.47 Å². The van der Waals surface area contributed by atoms with E-state index in [4.69, 9.17) is 9.47 Å². The Bertz CT molecular complexity index is 524. The lowest BCUT2D eigenvalue weighted by atomic mass is 9.97. The summed E-state index contributed by atoms with van der Waals surface area (Å²) in [5.74, 6) is -0.740. The van der Waals surface area contributed by atoms with E-state index >= 15 is 0 Å². The van der Waals surface area contributed by atoms with E-state index in [1.54, 1.807) is 12.5 Å². The third kappa shape index (κ3) is 1.97. The van der Waals surface area contributed by atoms with Gasteiger partial charge in [-0.15, -0.1) is 0 Å². The fraction of sp³-hybridized carbons (Fsp3) is 0.125. The maximum atomic E-state index is 5.71. The van der Waals surface area contributed by atoms with E-state index in [1.807, 2.05) is 42.5 Å². The van der Waals surface area contributed by atoms with Crippen molar-refractivity contribution in [1.82, 2.24) is 0 Å². The lowest BCUT2D eigenvalue weighted by Gasteiger charge is -2.28. The molecular formula is C16H13O2. The van der Waals surface area contributed by atoms with Crippen LogP contribution >= 0.6 is 0 Å². The molecule has 0 fully saturated rings. The summed E-state index contributed by atoms with van der Waals surface area (Å²) in [5.41, 5.74) is 2.17. The smallest absolute Gasteiger partial charge is 0.280 e. The first-order chi connectivity index (χ1) is 8.89. The van der Waals surface area contributed by atoms with Gasteiger partial charge in [-0.05, 0) is 11.6 Å². The first-order valence-electron chi connectivity index (χ1n) is 5.90. The molecule has 0 aliphatic carbocycles. The number of rotatable bonds is 3.